The summed E-state index contributed by atoms with van der Waals surface area (Å²) in [6.45, 7) is 0. The third-order valence-corrected chi connectivity index (χ3v) is 2.66. The van der Waals surface area contributed by atoms with Crippen molar-refractivity contribution in [3.8, 4) is 0 Å². The van der Waals surface area contributed by atoms with Gasteiger partial charge in [-0.25, -0.2) is 0 Å². The molecule has 2 aliphatic rings. The standard InChI is InChI=1S/C10H14/c1-2-6-10-8-4-3-7-9(10)5-1/h1-2,5,10H,3-4,6-8H2. The van der Waals surface area contributed by atoms with E-state index >= 15 is 0 Å². The average molecular weight is 134 g/mol. The van der Waals surface area contributed by atoms with Crippen LogP contribution in [0.1, 0.15) is 32.1 Å². The molecule has 0 aromatic heterocycles. The van der Waals surface area contributed by atoms with E-state index in [1.807, 2.05) is 0 Å². The van der Waals surface area contributed by atoms with Gasteiger partial charge in [-0.3, -0.25) is 0 Å². The molecule has 0 aliphatic heterocycles. The van der Waals surface area contributed by atoms with Crippen molar-refractivity contribution in [2.24, 2.45) is 5.92 Å². The van der Waals surface area contributed by atoms with Crippen LogP contribution in [0.25, 0.3) is 0 Å². The van der Waals surface area contributed by atoms with Crippen LogP contribution >= 0.6 is 0 Å². The number of allylic oxidation sites excluding steroid dienone is 4. The van der Waals surface area contributed by atoms with Crippen molar-refractivity contribution in [2.45, 2.75) is 32.1 Å². The Balaban J connectivity index is 2.14. The molecule has 0 aromatic rings. The highest BCUT2D eigenvalue weighted by Crippen LogP contribution is 2.33. The molecular formula is C10H14. The summed E-state index contributed by atoms with van der Waals surface area (Å²) in [6, 6.07) is 0. The van der Waals surface area contributed by atoms with E-state index in [0.717, 1.165) is 5.92 Å². The van der Waals surface area contributed by atoms with Crippen LogP contribution in [-0.2, 0) is 0 Å². The quantitative estimate of drug-likeness (QED) is 0.477. The van der Waals surface area contributed by atoms with E-state index in [4.69, 9.17) is 0 Å². The molecule has 0 N–H and O–H groups in total. The molecule has 0 amide bonds. The molecule has 0 saturated heterocycles. The fourth-order valence-electron chi connectivity index (χ4n) is 2.03. The van der Waals surface area contributed by atoms with Gasteiger partial charge in [0.2, 0.25) is 0 Å². The van der Waals surface area contributed by atoms with Crippen LogP contribution in [-0.4, -0.2) is 0 Å². The van der Waals surface area contributed by atoms with E-state index in [9.17, 15) is 0 Å². The topological polar surface area (TPSA) is 0 Å². The molecule has 0 nitrogen and oxygen atoms in total. The van der Waals surface area contributed by atoms with Crippen molar-refractivity contribution in [1.82, 2.24) is 0 Å². The summed E-state index contributed by atoms with van der Waals surface area (Å²) >= 11 is 0. The van der Waals surface area contributed by atoms with E-state index in [1.54, 1.807) is 5.57 Å². The van der Waals surface area contributed by atoms with Gasteiger partial charge in [-0.15, -0.1) is 0 Å². The maximum atomic E-state index is 2.33. The summed E-state index contributed by atoms with van der Waals surface area (Å²) < 4.78 is 0. The highest BCUT2D eigenvalue weighted by atomic mass is 14.2. The number of rotatable bonds is 0. The van der Waals surface area contributed by atoms with Crippen molar-refractivity contribution in [2.75, 3.05) is 0 Å². The van der Waals surface area contributed by atoms with Gasteiger partial charge in [0.1, 0.15) is 0 Å². The van der Waals surface area contributed by atoms with Crippen molar-refractivity contribution >= 4 is 0 Å². The predicted molar refractivity (Wildman–Crippen MR) is 43.8 cm³/mol. The fourth-order valence-corrected chi connectivity index (χ4v) is 2.03. The van der Waals surface area contributed by atoms with Crippen LogP contribution < -0.4 is 0 Å². The van der Waals surface area contributed by atoms with Gasteiger partial charge in [-0.05, 0) is 31.6 Å². The zero-order valence-corrected chi connectivity index (χ0v) is 6.34. The van der Waals surface area contributed by atoms with Crippen LogP contribution in [0.5, 0.6) is 0 Å². The minimum Gasteiger partial charge on any atom is -0.0839 e. The minimum atomic E-state index is 0.929. The molecule has 2 aliphatic carbocycles. The van der Waals surface area contributed by atoms with Crippen molar-refractivity contribution in [3.05, 3.63) is 23.8 Å². The molecule has 1 fully saturated rings. The van der Waals surface area contributed by atoms with Gasteiger partial charge < -0.3 is 0 Å². The third-order valence-electron chi connectivity index (χ3n) is 2.66. The largest absolute Gasteiger partial charge is 0.0839 e. The van der Waals surface area contributed by atoms with E-state index in [0.29, 0.717) is 0 Å². The monoisotopic (exact) mass is 134 g/mol. The SMILES string of the molecule is C1=CCC2CCCCC2=C1. The lowest BCUT2D eigenvalue weighted by atomic mass is 9.80. The van der Waals surface area contributed by atoms with Crippen molar-refractivity contribution < 1.29 is 0 Å². The van der Waals surface area contributed by atoms with Gasteiger partial charge in [0, 0.05) is 0 Å². The Morgan fingerprint density at radius 1 is 1.30 bits per heavy atom. The molecule has 0 bridgehead atoms. The molecule has 54 valence electrons. The fraction of sp³-hybridized carbons (Fsp3) is 0.600. The molecule has 0 aromatic carbocycles. The first kappa shape index (κ1) is 6.21. The summed E-state index contributed by atoms with van der Waals surface area (Å²) in [4.78, 5) is 0. The summed E-state index contributed by atoms with van der Waals surface area (Å²) in [6.07, 6.45) is 13.9. The van der Waals surface area contributed by atoms with Gasteiger partial charge >= 0.3 is 0 Å². The minimum absolute atomic E-state index is 0.929. The highest BCUT2D eigenvalue weighted by molar-refractivity contribution is 5.21. The van der Waals surface area contributed by atoms with Gasteiger partial charge in [0.15, 0.2) is 0 Å². The molecule has 0 heteroatoms. The molecular weight excluding hydrogens is 120 g/mol. The molecule has 1 saturated carbocycles. The molecule has 0 heterocycles. The highest BCUT2D eigenvalue weighted by Gasteiger charge is 2.18. The zero-order chi connectivity index (χ0) is 6.81. The lowest BCUT2D eigenvalue weighted by molar-refractivity contribution is 0.453. The molecule has 1 atom stereocenters. The second-order valence-electron chi connectivity index (χ2n) is 3.35. The van der Waals surface area contributed by atoms with Crippen LogP contribution in [0.2, 0.25) is 0 Å². The Bertz CT molecular complexity index is 174. The Hall–Kier alpha value is -0.520. The normalized spacial score (nSPS) is 31.2. The van der Waals surface area contributed by atoms with Crippen LogP contribution in [0.15, 0.2) is 23.8 Å². The number of hydrogen-bond acceptors (Lipinski definition) is 0. The Labute approximate surface area is 62.6 Å². The summed E-state index contributed by atoms with van der Waals surface area (Å²) in [5.41, 5.74) is 1.72. The lowest BCUT2D eigenvalue weighted by Crippen LogP contribution is -2.10. The number of fused-ring (bicyclic) bond motifs is 1. The van der Waals surface area contributed by atoms with Crippen LogP contribution in [0.4, 0.5) is 0 Å². The van der Waals surface area contributed by atoms with Gasteiger partial charge in [-0.2, -0.15) is 0 Å². The summed E-state index contributed by atoms with van der Waals surface area (Å²) in [5, 5.41) is 0. The smallest absolute Gasteiger partial charge is 0.0165 e. The Morgan fingerprint density at radius 2 is 2.30 bits per heavy atom. The maximum absolute atomic E-state index is 2.33. The van der Waals surface area contributed by atoms with Crippen molar-refractivity contribution in [3.63, 3.8) is 0 Å². The Kier molecular flexibility index (Phi) is 1.62. The third kappa shape index (κ3) is 1.03. The first-order valence-corrected chi connectivity index (χ1v) is 4.32. The molecule has 1 unspecified atom stereocenters. The average Bonchev–Trinajstić information content (AvgIpc) is 2.05. The second kappa shape index (κ2) is 2.61. The Morgan fingerprint density at radius 3 is 3.20 bits per heavy atom. The summed E-state index contributed by atoms with van der Waals surface area (Å²) in [7, 11) is 0. The van der Waals surface area contributed by atoms with E-state index < -0.39 is 0 Å². The molecule has 0 radical (unpaired) electrons. The van der Waals surface area contributed by atoms with Gasteiger partial charge in [-0.1, -0.05) is 30.2 Å². The van der Waals surface area contributed by atoms with Crippen molar-refractivity contribution in [1.29, 1.82) is 0 Å². The number of hydrogen-bond donors (Lipinski definition) is 0. The first-order chi connectivity index (χ1) is 4.97. The summed E-state index contributed by atoms with van der Waals surface area (Å²) in [5.74, 6) is 0.929. The molecule has 2 rings (SSSR count). The van der Waals surface area contributed by atoms with E-state index in [-0.39, 0.29) is 0 Å². The van der Waals surface area contributed by atoms with Gasteiger partial charge in [0.25, 0.3) is 0 Å². The van der Waals surface area contributed by atoms with Gasteiger partial charge in [0.05, 0.1) is 0 Å². The predicted octanol–water partition coefficient (Wildman–Crippen LogP) is 3.06. The van der Waals surface area contributed by atoms with Crippen LogP contribution in [0.3, 0.4) is 0 Å². The van der Waals surface area contributed by atoms with E-state index in [2.05, 4.69) is 18.2 Å². The van der Waals surface area contributed by atoms with Crippen LogP contribution in [0, 0.1) is 5.92 Å². The van der Waals surface area contributed by atoms with E-state index in [1.165, 1.54) is 32.1 Å². The lowest BCUT2D eigenvalue weighted by Gasteiger charge is -2.25. The molecule has 0 spiro atoms. The maximum Gasteiger partial charge on any atom is -0.0165 e. The second-order valence-corrected chi connectivity index (χ2v) is 3.35. The zero-order valence-electron chi connectivity index (χ0n) is 6.34. The first-order valence-electron chi connectivity index (χ1n) is 4.32. The molecule has 10 heavy (non-hydrogen) atoms.